The first-order chi connectivity index (χ1) is 9.76. The number of amides is 1. The van der Waals surface area contributed by atoms with Crippen LogP contribution in [-0.2, 0) is 9.59 Å². The summed E-state index contributed by atoms with van der Waals surface area (Å²) in [6, 6.07) is 0. The Balaban J connectivity index is 3.64. The normalized spacial score (nSPS) is 13.0. The molecule has 0 aliphatic heterocycles. The van der Waals surface area contributed by atoms with Crippen LogP contribution >= 0.6 is 0 Å². The first-order valence-corrected chi connectivity index (χ1v) is 7.71. The van der Waals surface area contributed by atoms with E-state index < -0.39 is 12.1 Å². The fraction of sp³-hybridized carbons (Fsp3) is 0.867. The smallest absolute Gasteiger partial charge is 0.359 e. The van der Waals surface area contributed by atoms with Gasteiger partial charge in [-0.25, -0.2) is 9.18 Å². The van der Waals surface area contributed by atoms with E-state index in [1.54, 1.807) is 0 Å². The fourth-order valence-corrected chi connectivity index (χ4v) is 2.21. The summed E-state index contributed by atoms with van der Waals surface area (Å²) in [6.45, 7) is 3.25. The van der Waals surface area contributed by atoms with Gasteiger partial charge in [-0.1, -0.05) is 13.3 Å². The molecule has 124 valence electrons. The molecule has 1 atom stereocenters. The van der Waals surface area contributed by atoms with E-state index in [0.29, 0.717) is 43.3 Å². The second-order valence-corrected chi connectivity index (χ2v) is 6.19. The molecule has 1 amide bonds. The number of quaternary nitrogens is 1. The number of nitrogens with zero attached hydrogens (tertiary/aromatic N) is 1. The lowest BCUT2D eigenvalue weighted by atomic mass is 10.1. The largest absolute Gasteiger partial charge is 0.477 e. The van der Waals surface area contributed by atoms with Crippen LogP contribution in [0.5, 0.6) is 0 Å². The van der Waals surface area contributed by atoms with Gasteiger partial charge < -0.3 is 14.9 Å². The van der Waals surface area contributed by atoms with Crippen molar-refractivity contribution < 1.29 is 23.6 Å². The van der Waals surface area contributed by atoms with Gasteiger partial charge >= 0.3 is 5.97 Å². The van der Waals surface area contributed by atoms with E-state index in [4.69, 9.17) is 5.11 Å². The molecule has 0 saturated heterocycles. The minimum atomic E-state index is -0.822. The van der Waals surface area contributed by atoms with Crippen molar-refractivity contribution in [3.63, 3.8) is 0 Å². The van der Waals surface area contributed by atoms with E-state index in [-0.39, 0.29) is 12.5 Å². The van der Waals surface area contributed by atoms with Gasteiger partial charge in [0.25, 0.3) is 0 Å². The Morgan fingerprint density at radius 3 is 2.48 bits per heavy atom. The van der Waals surface area contributed by atoms with E-state index in [2.05, 4.69) is 5.32 Å². The molecule has 0 saturated carbocycles. The first-order valence-electron chi connectivity index (χ1n) is 7.71. The molecule has 1 unspecified atom stereocenters. The Morgan fingerprint density at radius 1 is 1.24 bits per heavy atom. The van der Waals surface area contributed by atoms with Gasteiger partial charge in [0, 0.05) is 19.4 Å². The number of carbonyl (C=O) groups excluding carboxylic acids is 1. The molecule has 0 spiro atoms. The molecule has 0 rings (SSSR count). The fourth-order valence-electron chi connectivity index (χ4n) is 2.21. The maximum absolute atomic E-state index is 13.2. The summed E-state index contributed by atoms with van der Waals surface area (Å²) in [4.78, 5) is 22.2. The lowest BCUT2D eigenvalue weighted by Crippen LogP contribution is -2.45. The van der Waals surface area contributed by atoms with Crippen molar-refractivity contribution in [2.75, 3.05) is 33.7 Å². The molecule has 0 heterocycles. The Morgan fingerprint density at radius 2 is 1.90 bits per heavy atom. The second-order valence-electron chi connectivity index (χ2n) is 6.19. The number of hydrogen-bond donors (Lipinski definition) is 2. The number of aliphatic carboxylic acids is 1. The molecule has 0 aromatic carbocycles. The van der Waals surface area contributed by atoms with Gasteiger partial charge in [-0.05, 0) is 19.3 Å². The Labute approximate surface area is 127 Å². The van der Waals surface area contributed by atoms with Gasteiger partial charge in [0.15, 0.2) is 6.54 Å². The molecule has 21 heavy (non-hydrogen) atoms. The minimum absolute atomic E-state index is 0.0535. The molecule has 0 aromatic rings. The molecule has 0 aliphatic rings. The number of carboxylic acids is 1. The van der Waals surface area contributed by atoms with Crippen molar-refractivity contribution in [2.24, 2.45) is 0 Å². The number of hydrogen-bond acceptors (Lipinski definition) is 2. The molecule has 5 nitrogen and oxygen atoms in total. The number of rotatable bonds is 12. The summed E-state index contributed by atoms with van der Waals surface area (Å²) in [6.07, 6.45) is 2.72. The third kappa shape index (κ3) is 12.3. The Hall–Kier alpha value is -1.17. The second kappa shape index (κ2) is 10.5. The van der Waals surface area contributed by atoms with Crippen LogP contribution in [0, 0.1) is 0 Å². The number of halogens is 1. The molecule has 0 aliphatic carbocycles. The van der Waals surface area contributed by atoms with Crippen molar-refractivity contribution in [1.29, 1.82) is 0 Å². The zero-order valence-corrected chi connectivity index (χ0v) is 13.5. The third-order valence-corrected chi connectivity index (χ3v) is 3.35. The van der Waals surface area contributed by atoms with E-state index in [9.17, 15) is 14.0 Å². The topological polar surface area (TPSA) is 66.4 Å². The monoisotopic (exact) mass is 305 g/mol. The summed E-state index contributed by atoms with van der Waals surface area (Å²) >= 11 is 0. The van der Waals surface area contributed by atoms with Crippen LogP contribution in [-0.4, -0.2) is 61.4 Å². The summed E-state index contributed by atoms with van der Waals surface area (Å²) < 4.78 is 13.6. The zero-order chi connectivity index (χ0) is 16.3. The number of nitrogens with one attached hydrogen (secondary N) is 1. The van der Waals surface area contributed by atoms with Crippen molar-refractivity contribution in [3.8, 4) is 0 Å². The van der Waals surface area contributed by atoms with Crippen LogP contribution in [0.3, 0.4) is 0 Å². The molecule has 0 aromatic heterocycles. The highest BCUT2D eigenvalue weighted by atomic mass is 19.1. The maximum Gasteiger partial charge on any atom is 0.359 e. The molecular formula is C15H30FN2O3+. The van der Waals surface area contributed by atoms with Crippen LogP contribution < -0.4 is 5.32 Å². The van der Waals surface area contributed by atoms with Gasteiger partial charge in [0.05, 0.1) is 20.6 Å². The maximum atomic E-state index is 13.2. The first kappa shape index (κ1) is 19.8. The Kier molecular flexibility index (Phi) is 9.95. The number of carbonyl (C=O) groups is 2. The van der Waals surface area contributed by atoms with Gasteiger partial charge in [0.2, 0.25) is 5.91 Å². The lowest BCUT2D eigenvalue weighted by molar-refractivity contribution is -0.883. The summed E-state index contributed by atoms with van der Waals surface area (Å²) in [7, 11) is 3.70. The average molecular weight is 305 g/mol. The highest BCUT2D eigenvalue weighted by Crippen LogP contribution is 2.10. The van der Waals surface area contributed by atoms with Crippen LogP contribution in [0.2, 0.25) is 0 Å². The van der Waals surface area contributed by atoms with E-state index in [0.717, 1.165) is 12.8 Å². The van der Waals surface area contributed by atoms with Gasteiger partial charge in [-0.3, -0.25) is 4.79 Å². The highest BCUT2D eigenvalue weighted by Gasteiger charge is 2.18. The average Bonchev–Trinajstić information content (AvgIpc) is 2.33. The quantitative estimate of drug-likeness (QED) is 0.428. The van der Waals surface area contributed by atoms with Gasteiger partial charge in [-0.2, -0.15) is 0 Å². The van der Waals surface area contributed by atoms with E-state index >= 15 is 0 Å². The SMILES string of the molecule is CCCC(F)CCCC(=O)NCCC[N+](C)(C)CC(=O)O. The molecule has 0 radical (unpaired) electrons. The summed E-state index contributed by atoms with van der Waals surface area (Å²) in [5, 5.41) is 11.6. The molecule has 0 fully saturated rings. The molecule has 2 N–H and O–H groups in total. The number of alkyl halides is 1. The van der Waals surface area contributed by atoms with Crippen molar-refractivity contribution in [3.05, 3.63) is 0 Å². The van der Waals surface area contributed by atoms with Crippen LogP contribution in [0.4, 0.5) is 4.39 Å². The Bertz CT molecular complexity index is 322. The summed E-state index contributed by atoms with van der Waals surface area (Å²) in [5.74, 6) is -0.876. The van der Waals surface area contributed by atoms with E-state index in [1.807, 2.05) is 21.0 Å². The third-order valence-electron chi connectivity index (χ3n) is 3.35. The molecule has 0 bridgehead atoms. The summed E-state index contributed by atoms with van der Waals surface area (Å²) in [5.41, 5.74) is 0. The lowest BCUT2D eigenvalue weighted by Gasteiger charge is -2.27. The zero-order valence-electron chi connectivity index (χ0n) is 13.5. The van der Waals surface area contributed by atoms with Crippen molar-refractivity contribution in [1.82, 2.24) is 5.32 Å². The minimum Gasteiger partial charge on any atom is -0.477 e. The highest BCUT2D eigenvalue weighted by molar-refractivity contribution is 5.75. The predicted octanol–water partition coefficient (Wildman–Crippen LogP) is 1.96. The van der Waals surface area contributed by atoms with Crippen LogP contribution in [0.15, 0.2) is 0 Å². The van der Waals surface area contributed by atoms with Crippen LogP contribution in [0.1, 0.15) is 45.4 Å². The van der Waals surface area contributed by atoms with Crippen molar-refractivity contribution >= 4 is 11.9 Å². The van der Waals surface area contributed by atoms with Crippen molar-refractivity contribution in [2.45, 2.75) is 51.6 Å². The standard InChI is InChI=1S/C15H29FN2O3/c1-4-7-13(16)8-5-9-14(19)17-10-6-11-18(2,3)12-15(20)21/h13H,4-12H2,1-3H3,(H-,17,19,20,21)/p+1. The number of likely N-dealkylation sites (N-methyl/N-ethyl adjacent to an activating group) is 1. The molecule has 6 heteroatoms. The van der Waals surface area contributed by atoms with Crippen LogP contribution in [0.25, 0.3) is 0 Å². The van der Waals surface area contributed by atoms with Gasteiger partial charge in [0.1, 0.15) is 6.17 Å². The molecular weight excluding hydrogens is 275 g/mol. The van der Waals surface area contributed by atoms with Gasteiger partial charge in [-0.15, -0.1) is 0 Å². The predicted molar refractivity (Wildman–Crippen MR) is 80.8 cm³/mol. The van der Waals surface area contributed by atoms with E-state index in [1.165, 1.54) is 0 Å². The number of carboxylic acid groups (broad SMARTS) is 1.